The van der Waals surface area contributed by atoms with Gasteiger partial charge in [-0.05, 0) is 29.8 Å². The predicted molar refractivity (Wildman–Crippen MR) is 71.1 cm³/mol. The van der Waals surface area contributed by atoms with Crippen LogP contribution in [0, 0.1) is 5.82 Å². The number of benzene rings is 2. The van der Waals surface area contributed by atoms with Crippen molar-refractivity contribution in [1.82, 2.24) is 15.2 Å². The topological polar surface area (TPSA) is 50.7 Å². The molecule has 0 radical (unpaired) electrons. The minimum atomic E-state index is -0.253. The van der Waals surface area contributed by atoms with Gasteiger partial charge in [-0.25, -0.2) is 9.37 Å². The second-order valence-corrected chi connectivity index (χ2v) is 4.11. The third kappa shape index (κ3) is 2.65. The first kappa shape index (κ1) is 11.5. The quantitative estimate of drug-likeness (QED) is 0.780. The maximum Gasteiger partial charge on any atom is 0.243 e. The maximum atomic E-state index is 13.0. The molecule has 19 heavy (non-hydrogen) atoms. The van der Waals surface area contributed by atoms with Crippen LogP contribution >= 0.6 is 0 Å². The molecule has 5 heteroatoms. The molecule has 3 rings (SSSR count). The van der Waals surface area contributed by atoms with Gasteiger partial charge in [-0.3, -0.25) is 0 Å². The lowest BCUT2D eigenvalue weighted by Gasteiger charge is -2.05. The lowest BCUT2D eigenvalue weighted by Crippen LogP contribution is -2.05. The molecule has 0 spiro atoms. The Morgan fingerprint density at radius 1 is 0.947 bits per heavy atom. The third-order valence-electron chi connectivity index (χ3n) is 2.70. The van der Waals surface area contributed by atoms with Crippen molar-refractivity contribution in [1.29, 1.82) is 0 Å². The van der Waals surface area contributed by atoms with E-state index in [1.807, 2.05) is 30.3 Å². The zero-order chi connectivity index (χ0) is 13.1. The SMILES string of the molecule is Fc1cccc(CNc2nnc3ccccc3n2)c1. The molecular weight excluding hydrogens is 243 g/mol. The average molecular weight is 254 g/mol. The van der Waals surface area contributed by atoms with E-state index in [0.717, 1.165) is 16.6 Å². The van der Waals surface area contributed by atoms with Gasteiger partial charge < -0.3 is 5.32 Å². The molecule has 1 N–H and O–H groups in total. The average Bonchev–Trinajstić information content (AvgIpc) is 2.45. The number of nitrogens with zero attached hydrogens (tertiary/aromatic N) is 3. The highest BCUT2D eigenvalue weighted by Gasteiger charge is 2.01. The van der Waals surface area contributed by atoms with E-state index in [1.54, 1.807) is 6.07 Å². The van der Waals surface area contributed by atoms with E-state index in [1.165, 1.54) is 12.1 Å². The molecule has 0 amide bonds. The highest BCUT2D eigenvalue weighted by molar-refractivity contribution is 5.73. The first-order valence-electron chi connectivity index (χ1n) is 5.89. The number of para-hydroxylation sites is 1. The molecule has 0 fully saturated rings. The van der Waals surface area contributed by atoms with E-state index < -0.39 is 0 Å². The van der Waals surface area contributed by atoms with Crippen molar-refractivity contribution in [3.63, 3.8) is 0 Å². The molecule has 0 saturated heterocycles. The monoisotopic (exact) mass is 254 g/mol. The molecular formula is C14H11FN4. The van der Waals surface area contributed by atoms with Crippen LogP contribution in [0.2, 0.25) is 0 Å². The van der Waals surface area contributed by atoms with Gasteiger partial charge in [-0.1, -0.05) is 24.3 Å². The molecule has 0 atom stereocenters. The van der Waals surface area contributed by atoms with Gasteiger partial charge in [0.05, 0.1) is 5.52 Å². The Hall–Kier alpha value is -2.56. The number of hydrogen-bond donors (Lipinski definition) is 1. The summed E-state index contributed by atoms with van der Waals surface area (Å²) < 4.78 is 13.0. The van der Waals surface area contributed by atoms with E-state index in [9.17, 15) is 4.39 Å². The smallest absolute Gasteiger partial charge is 0.243 e. The Morgan fingerprint density at radius 2 is 1.79 bits per heavy atom. The van der Waals surface area contributed by atoms with Crippen LogP contribution in [0.5, 0.6) is 0 Å². The highest BCUT2D eigenvalue weighted by atomic mass is 19.1. The van der Waals surface area contributed by atoms with E-state index in [2.05, 4.69) is 20.5 Å². The Kier molecular flexibility index (Phi) is 3.02. The predicted octanol–water partition coefficient (Wildman–Crippen LogP) is 2.78. The summed E-state index contributed by atoms with van der Waals surface area (Å²) in [5, 5.41) is 11.1. The number of nitrogens with one attached hydrogen (secondary N) is 1. The van der Waals surface area contributed by atoms with Gasteiger partial charge in [0.1, 0.15) is 11.3 Å². The molecule has 1 aromatic heterocycles. The molecule has 0 aliphatic rings. The first-order chi connectivity index (χ1) is 9.31. The van der Waals surface area contributed by atoms with Gasteiger partial charge in [-0.15, -0.1) is 10.2 Å². The van der Waals surface area contributed by atoms with Gasteiger partial charge in [0, 0.05) is 6.54 Å². The van der Waals surface area contributed by atoms with Gasteiger partial charge >= 0.3 is 0 Å². The fourth-order valence-electron chi connectivity index (χ4n) is 1.78. The Morgan fingerprint density at radius 3 is 2.63 bits per heavy atom. The summed E-state index contributed by atoms with van der Waals surface area (Å²) in [6.45, 7) is 0.456. The van der Waals surface area contributed by atoms with Crippen molar-refractivity contribution in [3.05, 3.63) is 59.9 Å². The summed E-state index contributed by atoms with van der Waals surface area (Å²) in [6.07, 6.45) is 0. The van der Waals surface area contributed by atoms with Gasteiger partial charge in [-0.2, -0.15) is 0 Å². The van der Waals surface area contributed by atoms with Crippen LogP contribution in [0.1, 0.15) is 5.56 Å². The van der Waals surface area contributed by atoms with Crippen molar-refractivity contribution in [2.75, 3.05) is 5.32 Å². The van der Waals surface area contributed by atoms with E-state index in [-0.39, 0.29) is 5.82 Å². The Bertz CT molecular complexity index is 714. The van der Waals surface area contributed by atoms with Crippen LogP contribution < -0.4 is 5.32 Å². The highest BCUT2D eigenvalue weighted by Crippen LogP contribution is 2.10. The molecule has 0 aliphatic carbocycles. The van der Waals surface area contributed by atoms with E-state index in [0.29, 0.717) is 12.5 Å². The summed E-state index contributed by atoms with van der Waals surface area (Å²) in [5.74, 6) is 0.180. The lowest BCUT2D eigenvalue weighted by atomic mass is 10.2. The third-order valence-corrected chi connectivity index (χ3v) is 2.70. The van der Waals surface area contributed by atoms with Crippen molar-refractivity contribution in [2.24, 2.45) is 0 Å². The molecule has 2 aromatic carbocycles. The molecule has 94 valence electrons. The Labute approximate surface area is 109 Å². The van der Waals surface area contributed by atoms with Gasteiger partial charge in [0.2, 0.25) is 5.95 Å². The van der Waals surface area contributed by atoms with Crippen LogP contribution in [0.4, 0.5) is 10.3 Å². The largest absolute Gasteiger partial charge is 0.349 e. The van der Waals surface area contributed by atoms with Crippen molar-refractivity contribution in [3.8, 4) is 0 Å². The zero-order valence-corrected chi connectivity index (χ0v) is 10.0. The number of anilines is 1. The second kappa shape index (κ2) is 4.97. The van der Waals surface area contributed by atoms with Crippen molar-refractivity contribution >= 4 is 17.0 Å². The van der Waals surface area contributed by atoms with Crippen molar-refractivity contribution < 1.29 is 4.39 Å². The fraction of sp³-hybridized carbons (Fsp3) is 0.0714. The molecule has 1 heterocycles. The Balaban J connectivity index is 1.78. The molecule has 0 saturated carbocycles. The first-order valence-corrected chi connectivity index (χ1v) is 5.89. The van der Waals surface area contributed by atoms with Crippen molar-refractivity contribution in [2.45, 2.75) is 6.54 Å². The lowest BCUT2D eigenvalue weighted by molar-refractivity contribution is 0.626. The maximum absolute atomic E-state index is 13.0. The fourth-order valence-corrected chi connectivity index (χ4v) is 1.78. The molecule has 4 nitrogen and oxygen atoms in total. The zero-order valence-electron chi connectivity index (χ0n) is 10.0. The number of fused-ring (bicyclic) bond motifs is 1. The second-order valence-electron chi connectivity index (χ2n) is 4.11. The van der Waals surface area contributed by atoms with E-state index in [4.69, 9.17) is 0 Å². The van der Waals surface area contributed by atoms with Gasteiger partial charge in [0.15, 0.2) is 0 Å². The van der Waals surface area contributed by atoms with Crippen LogP contribution in [0.25, 0.3) is 11.0 Å². The number of aromatic nitrogens is 3. The standard InChI is InChI=1S/C14H11FN4/c15-11-5-3-4-10(8-11)9-16-14-17-12-6-1-2-7-13(12)18-19-14/h1-8H,9H2,(H,16,17,19). The minimum absolute atomic E-state index is 0.253. The van der Waals surface area contributed by atoms with E-state index >= 15 is 0 Å². The summed E-state index contributed by atoms with van der Waals surface area (Å²) in [4.78, 5) is 4.33. The summed E-state index contributed by atoms with van der Waals surface area (Å²) in [6, 6.07) is 13.9. The van der Waals surface area contributed by atoms with Crippen LogP contribution in [0.3, 0.4) is 0 Å². The van der Waals surface area contributed by atoms with Crippen LogP contribution in [-0.4, -0.2) is 15.2 Å². The summed E-state index contributed by atoms with van der Waals surface area (Å²) >= 11 is 0. The minimum Gasteiger partial charge on any atom is -0.349 e. The summed E-state index contributed by atoms with van der Waals surface area (Å²) in [5.41, 5.74) is 2.36. The number of hydrogen-bond acceptors (Lipinski definition) is 4. The molecule has 3 aromatic rings. The van der Waals surface area contributed by atoms with Crippen LogP contribution in [-0.2, 0) is 6.54 Å². The van der Waals surface area contributed by atoms with Crippen LogP contribution in [0.15, 0.2) is 48.5 Å². The van der Waals surface area contributed by atoms with Gasteiger partial charge in [0.25, 0.3) is 0 Å². The molecule has 0 unspecified atom stereocenters. The molecule has 0 bridgehead atoms. The number of rotatable bonds is 3. The normalized spacial score (nSPS) is 10.6. The summed E-state index contributed by atoms with van der Waals surface area (Å²) in [7, 11) is 0. The molecule has 0 aliphatic heterocycles. The number of halogens is 1.